The van der Waals surface area contributed by atoms with Crippen molar-refractivity contribution in [2.24, 2.45) is 0 Å². The molecule has 0 saturated carbocycles. The summed E-state index contributed by atoms with van der Waals surface area (Å²) in [6, 6.07) is 8.11. The van der Waals surface area contributed by atoms with Crippen molar-refractivity contribution in [1.29, 1.82) is 0 Å². The molecule has 2 N–H and O–H groups in total. The molecule has 1 aliphatic heterocycles. The molecule has 1 aromatic rings. The van der Waals surface area contributed by atoms with Crippen LogP contribution in [0.25, 0.3) is 0 Å². The predicted molar refractivity (Wildman–Crippen MR) is 73.5 cm³/mol. The van der Waals surface area contributed by atoms with Crippen molar-refractivity contribution in [3.05, 3.63) is 29.8 Å². The molecule has 0 atom stereocenters. The van der Waals surface area contributed by atoms with Crippen LogP contribution in [0, 0.1) is 0 Å². The fourth-order valence-corrected chi connectivity index (χ4v) is 2.31. The third-order valence-electron chi connectivity index (χ3n) is 3.15. The Bertz CT molecular complexity index is 400. The first-order valence-corrected chi connectivity index (χ1v) is 6.53. The maximum Gasteiger partial charge on any atom is 0.238 e. The van der Waals surface area contributed by atoms with Gasteiger partial charge in [0.2, 0.25) is 5.91 Å². The fraction of sp³-hybridized carbons (Fsp3) is 0.500. The third kappa shape index (κ3) is 3.82. The van der Waals surface area contributed by atoms with Crippen LogP contribution in [0.4, 0.5) is 5.69 Å². The van der Waals surface area contributed by atoms with Gasteiger partial charge in [-0.05, 0) is 50.7 Å². The molecule has 0 radical (unpaired) electrons. The first-order valence-electron chi connectivity index (χ1n) is 6.53. The number of rotatable bonds is 5. The lowest BCUT2D eigenvalue weighted by Crippen LogP contribution is -2.25. The van der Waals surface area contributed by atoms with Crippen LogP contribution in [0.15, 0.2) is 24.3 Å². The number of likely N-dealkylation sites (N-methyl/N-ethyl adjacent to an activating group) is 1. The predicted octanol–water partition coefficient (Wildman–Crippen LogP) is 1.44. The Morgan fingerprint density at radius 3 is 2.83 bits per heavy atom. The molecule has 1 heterocycles. The van der Waals surface area contributed by atoms with Gasteiger partial charge in [-0.1, -0.05) is 12.1 Å². The molecular formula is C14H21N3O. The van der Waals surface area contributed by atoms with E-state index in [0.717, 1.165) is 12.2 Å². The lowest BCUT2D eigenvalue weighted by molar-refractivity contribution is -0.115. The molecular weight excluding hydrogens is 226 g/mol. The summed E-state index contributed by atoms with van der Waals surface area (Å²) in [5.41, 5.74) is 2.14. The molecule has 1 aromatic carbocycles. The van der Waals surface area contributed by atoms with Gasteiger partial charge < -0.3 is 10.6 Å². The second-order valence-corrected chi connectivity index (χ2v) is 4.76. The van der Waals surface area contributed by atoms with Crippen LogP contribution in [0.1, 0.15) is 18.4 Å². The minimum Gasteiger partial charge on any atom is -0.325 e. The third-order valence-corrected chi connectivity index (χ3v) is 3.15. The lowest BCUT2D eigenvalue weighted by Gasteiger charge is -2.15. The summed E-state index contributed by atoms with van der Waals surface area (Å²) in [5, 5.41) is 5.73. The van der Waals surface area contributed by atoms with Crippen molar-refractivity contribution in [1.82, 2.24) is 10.2 Å². The van der Waals surface area contributed by atoms with Crippen LogP contribution >= 0.6 is 0 Å². The zero-order chi connectivity index (χ0) is 12.8. The molecule has 4 heteroatoms. The molecule has 0 spiro atoms. The maximum absolute atomic E-state index is 11.5. The van der Waals surface area contributed by atoms with E-state index < -0.39 is 0 Å². The topological polar surface area (TPSA) is 44.4 Å². The molecule has 1 amide bonds. The number of hydrogen-bond donors (Lipinski definition) is 2. The summed E-state index contributed by atoms with van der Waals surface area (Å²) in [5.74, 6) is -0.00387. The Balaban J connectivity index is 1.93. The summed E-state index contributed by atoms with van der Waals surface area (Å²) in [4.78, 5) is 13.9. The van der Waals surface area contributed by atoms with Crippen LogP contribution in [-0.2, 0) is 11.3 Å². The smallest absolute Gasteiger partial charge is 0.238 e. The monoisotopic (exact) mass is 247 g/mol. The highest BCUT2D eigenvalue weighted by Gasteiger charge is 2.11. The summed E-state index contributed by atoms with van der Waals surface area (Å²) in [6.45, 7) is 3.71. The fourth-order valence-electron chi connectivity index (χ4n) is 2.31. The Morgan fingerprint density at radius 1 is 1.33 bits per heavy atom. The molecule has 0 aromatic heterocycles. The number of benzene rings is 1. The van der Waals surface area contributed by atoms with E-state index >= 15 is 0 Å². The number of nitrogens with one attached hydrogen (secondary N) is 2. The average molecular weight is 247 g/mol. The normalized spacial score (nSPS) is 15.8. The molecule has 1 aliphatic rings. The Kier molecular flexibility index (Phi) is 4.73. The van der Waals surface area contributed by atoms with Crippen molar-refractivity contribution in [2.75, 3.05) is 32.0 Å². The van der Waals surface area contributed by atoms with E-state index in [4.69, 9.17) is 0 Å². The van der Waals surface area contributed by atoms with E-state index in [1.165, 1.54) is 31.5 Å². The standard InChI is InChI=1S/C14H21N3O/c1-15-10-14(18)16-13-6-4-5-12(9-13)11-17-7-2-3-8-17/h4-6,9,15H,2-3,7-8,10-11H2,1H3,(H,16,18). The van der Waals surface area contributed by atoms with E-state index in [9.17, 15) is 4.79 Å². The van der Waals surface area contributed by atoms with E-state index in [0.29, 0.717) is 6.54 Å². The SMILES string of the molecule is CNCC(=O)Nc1cccc(CN2CCCC2)c1. The number of hydrogen-bond acceptors (Lipinski definition) is 3. The first kappa shape index (κ1) is 13.1. The van der Waals surface area contributed by atoms with E-state index in [1.807, 2.05) is 12.1 Å². The van der Waals surface area contributed by atoms with E-state index in [1.54, 1.807) is 7.05 Å². The van der Waals surface area contributed by atoms with Crippen molar-refractivity contribution < 1.29 is 4.79 Å². The van der Waals surface area contributed by atoms with Gasteiger partial charge in [0, 0.05) is 12.2 Å². The summed E-state index contributed by atoms with van der Waals surface area (Å²) < 4.78 is 0. The van der Waals surface area contributed by atoms with Gasteiger partial charge in [0.15, 0.2) is 0 Å². The Labute approximate surface area is 108 Å². The molecule has 0 aliphatic carbocycles. The van der Waals surface area contributed by atoms with Crippen LogP contribution in [0.2, 0.25) is 0 Å². The van der Waals surface area contributed by atoms with E-state index in [2.05, 4.69) is 27.7 Å². The van der Waals surface area contributed by atoms with Gasteiger partial charge in [0.25, 0.3) is 0 Å². The second kappa shape index (κ2) is 6.52. The van der Waals surface area contributed by atoms with Gasteiger partial charge in [-0.2, -0.15) is 0 Å². The van der Waals surface area contributed by atoms with Gasteiger partial charge in [0.1, 0.15) is 0 Å². The summed E-state index contributed by atoms with van der Waals surface area (Å²) >= 11 is 0. The molecule has 0 bridgehead atoms. The molecule has 98 valence electrons. The van der Waals surface area contributed by atoms with Crippen molar-refractivity contribution in [2.45, 2.75) is 19.4 Å². The van der Waals surface area contributed by atoms with Crippen molar-refractivity contribution in [3.63, 3.8) is 0 Å². The molecule has 0 unspecified atom stereocenters. The highest BCUT2D eigenvalue weighted by atomic mass is 16.1. The number of nitrogens with zero attached hydrogens (tertiary/aromatic N) is 1. The highest BCUT2D eigenvalue weighted by Crippen LogP contribution is 2.15. The number of likely N-dealkylation sites (tertiary alicyclic amines) is 1. The lowest BCUT2D eigenvalue weighted by atomic mass is 10.2. The zero-order valence-electron chi connectivity index (χ0n) is 10.9. The highest BCUT2D eigenvalue weighted by molar-refractivity contribution is 5.92. The van der Waals surface area contributed by atoms with E-state index in [-0.39, 0.29) is 5.91 Å². The number of carbonyl (C=O) groups excluding carboxylic acids is 1. The summed E-state index contributed by atoms with van der Waals surface area (Å²) in [7, 11) is 1.77. The number of amides is 1. The Hall–Kier alpha value is -1.39. The summed E-state index contributed by atoms with van der Waals surface area (Å²) in [6.07, 6.45) is 2.61. The molecule has 4 nitrogen and oxygen atoms in total. The van der Waals surface area contributed by atoms with Gasteiger partial charge in [0.05, 0.1) is 6.54 Å². The number of anilines is 1. The van der Waals surface area contributed by atoms with Gasteiger partial charge in [-0.25, -0.2) is 0 Å². The van der Waals surface area contributed by atoms with Crippen LogP contribution in [0.5, 0.6) is 0 Å². The minimum absolute atomic E-state index is 0.00387. The van der Waals surface area contributed by atoms with Crippen LogP contribution < -0.4 is 10.6 Å². The molecule has 18 heavy (non-hydrogen) atoms. The minimum atomic E-state index is -0.00387. The largest absolute Gasteiger partial charge is 0.325 e. The van der Waals surface area contributed by atoms with Gasteiger partial charge in [-0.3, -0.25) is 9.69 Å². The zero-order valence-corrected chi connectivity index (χ0v) is 10.9. The van der Waals surface area contributed by atoms with Gasteiger partial charge >= 0.3 is 0 Å². The average Bonchev–Trinajstić information content (AvgIpc) is 2.82. The van der Waals surface area contributed by atoms with Gasteiger partial charge in [-0.15, -0.1) is 0 Å². The second-order valence-electron chi connectivity index (χ2n) is 4.76. The van der Waals surface area contributed by atoms with Crippen LogP contribution in [-0.4, -0.2) is 37.5 Å². The molecule has 1 saturated heterocycles. The van der Waals surface area contributed by atoms with Crippen molar-refractivity contribution >= 4 is 11.6 Å². The van der Waals surface area contributed by atoms with Crippen molar-refractivity contribution in [3.8, 4) is 0 Å². The number of carbonyl (C=O) groups is 1. The van der Waals surface area contributed by atoms with Crippen LogP contribution in [0.3, 0.4) is 0 Å². The maximum atomic E-state index is 11.5. The molecule has 1 fully saturated rings. The first-order chi connectivity index (χ1) is 8.78. The molecule has 2 rings (SSSR count). The Morgan fingerprint density at radius 2 is 2.11 bits per heavy atom. The quantitative estimate of drug-likeness (QED) is 0.827.